The Labute approximate surface area is 123 Å². The van der Waals surface area contributed by atoms with Gasteiger partial charge in [-0.2, -0.15) is 5.10 Å². The van der Waals surface area contributed by atoms with Crippen LogP contribution in [0.1, 0.15) is 41.1 Å². The average molecular weight is 286 g/mol. The molecule has 20 heavy (non-hydrogen) atoms. The van der Waals surface area contributed by atoms with Crippen LogP contribution in [0.3, 0.4) is 0 Å². The summed E-state index contributed by atoms with van der Waals surface area (Å²) < 4.78 is 0. The van der Waals surface area contributed by atoms with Crippen LogP contribution in [-0.2, 0) is 6.42 Å². The lowest BCUT2D eigenvalue weighted by Crippen LogP contribution is -2.19. The topological polar surface area (TPSA) is 41.5 Å². The van der Waals surface area contributed by atoms with Crippen molar-refractivity contribution in [2.24, 2.45) is 5.10 Å². The third-order valence-electron chi connectivity index (χ3n) is 3.06. The Balaban J connectivity index is 2.06. The molecule has 1 aromatic heterocycles. The molecule has 1 aromatic carbocycles. The molecular weight excluding hydrogens is 268 g/mol. The third-order valence-corrected chi connectivity index (χ3v) is 3.98. The maximum atomic E-state index is 12.0. The van der Waals surface area contributed by atoms with Gasteiger partial charge in [-0.05, 0) is 42.0 Å². The first-order valence-electron chi connectivity index (χ1n) is 6.74. The van der Waals surface area contributed by atoms with Crippen molar-refractivity contribution >= 4 is 23.0 Å². The number of thiophene rings is 1. The normalized spacial score (nSPS) is 11.4. The lowest BCUT2D eigenvalue weighted by molar-refractivity contribution is 0.0955. The molecule has 0 atom stereocenters. The number of nitrogens with zero attached hydrogens (tertiary/aromatic N) is 1. The fourth-order valence-electron chi connectivity index (χ4n) is 1.83. The minimum atomic E-state index is -0.171. The highest BCUT2D eigenvalue weighted by Gasteiger charge is 2.06. The predicted molar refractivity (Wildman–Crippen MR) is 84.4 cm³/mol. The molecule has 1 heterocycles. The molecule has 0 unspecified atom stereocenters. The number of amides is 1. The van der Waals surface area contributed by atoms with Gasteiger partial charge in [0.2, 0.25) is 0 Å². The van der Waals surface area contributed by atoms with Crippen LogP contribution in [0.25, 0.3) is 0 Å². The second-order valence-electron chi connectivity index (χ2n) is 4.38. The predicted octanol–water partition coefficient (Wildman–Crippen LogP) is 3.85. The van der Waals surface area contributed by atoms with E-state index in [9.17, 15) is 4.79 Å². The van der Waals surface area contributed by atoms with Crippen LogP contribution in [0.2, 0.25) is 0 Å². The smallest absolute Gasteiger partial charge is 0.267 e. The van der Waals surface area contributed by atoms with E-state index in [1.54, 1.807) is 11.3 Å². The van der Waals surface area contributed by atoms with E-state index in [2.05, 4.69) is 17.5 Å². The zero-order valence-corrected chi connectivity index (χ0v) is 12.5. The van der Waals surface area contributed by atoms with Crippen molar-refractivity contribution in [3.63, 3.8) is 0 Å². The highest BCUT2D eigenvalue weighted by molar-refractivity contribution is 7.12. The van der Waals surface area contributed by atoms with Crippen molar-refractivity contribution in [1.29, 1.82) is 0 Å². The molecule has 3 nitrogen and oxygen atoms in total. The molecule has 1 N–H and O–H groups in total. The molecule has 4 heteroatoms. The van der Waals surface area contributed by atoms with Gasteiger partial charge >= 0.3 is 0 Å². The summed E-state index contributed by atoms with van der Waals surface area (Å²) in [5.41, 5.74) is 5.39. The quantitative estimate of drug-likeness (QED) is 0.658. The summed E-state index contributed by atoms with van der Waals surface area (Å²) in [5, 5.41) is 6.24. The summed E-state index contributed by atoms with van der Waals surface area (Å²) in [4.78, 5) is 13.1. The van der Waals surface area contributed by atoms with Crippen molar-refractivity contribution in [1.82, 2.24) is 5.43 Å². The molecular formula is C16H18N2OS. The Bertz CT molecular complexity index is 585. The van der Waals surface area contributed by atoms with Gasteiger partial charge in [0.15, 0.2) is 0 Å². The number of hydrazone groups is 1. The summed E-state index contributed by atoms with van der Waals surface area (Å²) in [5.74, 6) is -0.171. The fourth-order valence-corrected chi connectivity index (χ4v) is 2.61. The largest absolute Gasteiger partial charge is 0.271 e. The van der Waals surface area contributed by atoms with Crippen molar-refractivity contribution in [2.45, 2.75) is 26.7 Å². The van der Waals surface area contributed by atoms with E-state index in [-0.39, 0.29) is 5.91 Å². The first kappa shape index (κ1) is 14.5. The Morgan fingerprint density at radius 1 is 1.20 bits per heavy atom. The Hall–Kier alpha value is -1.94. The number of nitrogens with one attached hydrogen (secondary N) is 1. The molecule has 0 saturated carbocycles. The van der Waals surface area contributed by atoms with Gasteiger partial charge in [-0.15, -0.1) is 11.3 Å². The third kappa shape index (κ3) is 3.54. The Morgan fingerprint density at radius 3 is 2.50 bits per heavy atom. The second-order valence-corrected chi connectivity index (χ2v) is 5.33. The van der Waals surface area contributed by atoms with Crippen molar-refractivity contribution in [3.8, 4) is 0 Å². The van der Waals surface area contributed by atoms with Crippen LogP contribution >= 0.6 is 11.3 Å². The van der Waals surface area contributed by atoms with Gasteiger partial charge in [0.1, 0.15) is 0 Å². The first-order chi connectivity index (χ1) is 9.74. The molecule has 0 fully saturated rings. The van der Waals surface area contributed by atoms with Gasteiger partial charge in [0, 0.05) is 5.56 Å². The highest BCUT2D eigenvalue weighted by atomic mass is 32.1. The monoisotopic (exact) mass is 286 g/mol. The summed E-state index contributed by atoms with van der Waals surface area (Å²) in [7, 11) is 0. The molecule has 0 aliphatic carbocycles. The molecule has 2 rings (SSSR count). The highest BCUT2D eigenvalue weighted by Crippen LogP contribution is 2.12. The molecule has 0 saturated heterocycles. The maximum absolute atomic E-state index is 12.0. The number of aryl methyl sites for hydroxylation is 1. The van der Waals surface area contributed by atoms with E-state index in [1.807, 2.05) is 48.7 Å². The molecule has 1 amide bonds. The fraction of sp³-hybridized carbons (Fsp3) is 0.250. The summed E-state index contributed by atoms with van der Waals surface area (Å²) >= 11 is 1.63. The average Bonchev–Trinajstić information content (AvgIpc) is 3.02. The lowest BCUT2D eigenvalue weighted by Gasteiger charge is -2.04. The SMILES string of the molecule is CC/C(=N/NC(=O)c1ccc(CC)cc1)c1cccs1. The van der Waals surface area contributed by atoms with E-state index < -0.39 is 0 Å². The van der Waals surface area contributed by atoms with Crippen LogP contribution in [0, 0.1) is 0 Å². The molecule has 0 aliphatic heterocycles. The molecule has 0 spiro atoms. The minimum absolute atomic E-state index is 0.171. The van der Waals surface area contributed by atoms with Gasteiger partial charge in [-0.25, -0.2) is 5.43 Å². The van der Waals surface area contributed by atoms with Gasteiger partial charge < -0.3 is 0 Å². The van der Waals surface area contributed by atoms with Crippen LogP contribution in [0.15, 0.2) is 46.9 Å². The van der Waals surface area contributed by atoms with E-state index in [0.717, 1.165) is 23.4 Å². The van der Waals surface area contributed by atoms with Crippen molar-refractivity contribution < 1.29 is 4.79 Å². The second kappa shape index (κ2) is 7.01. The minimum Gasteiger partial charge on any atom is -0.267 e. The van der Waals surface area contributed by atoms with Crippen LogP contribution in [0.4, 0.5) is 0 Å². The molecule has 0 radical (unpaired) electrons. The summed E-state index contributed by atoms with van der Waals surface area (Å²) in [6, 6.07) is 11.6. The Morgan fingerprint density at radius 2 is 1.95 bits per heavy atom. The number of benzene rings is 1. The number of rotatable bonds is 5. The number of hydrogen-bond acceptors (Lipinski definition) is 3. The molecule has 0 bridgehead atoms. The molecule has 2 aromatic rings. The van der Waals surface area contributed by atoms with Crippen LogP contribution < -0.4 is 5.43 Å². The maximum Gasteiger partial charge on any atom is 0.271 e. The number of carbonyl (C=O) groups excluding carboxylic acids is 1. The number of carbonyl (C=O) groups is 1. The van der Waals surface area contributed by atoms with Crippen molar-refractivity contribution in [2.75, 3.05) is 0 Å². The van der Waals surface area contributed by atoms with E-state index in [1.165, 1.54) is 5.56 Å². The van der Waals surface area contributed by atoms with Gasteiger partial charge in [-0.1, -0.05) is 32.0 Å². The Kier molecular flexibility index (Phi) is 5.07. The van der Waals surface area contributed by atoms with Crippen LogP contribution in [0.5, 0.6) is 0 Å². The standard InChI is InChI=1S/C16H18N2OS/c1-3-12-7-9-13(10-8-12)16(19)18-17-14(4-2)15-6-5-11-20-15/h5-11H,3-4H2,1-2H3,(H,18,19)/b17-14-. The van der Waals surface area contributed by atoms with Crippen LogP contribution in [-0.4, -0.2) is 11.6 Å². The van der Waals surface area contributed by atoms with Gasteiger partial charge in [0.05, 0.1) is 10.6 Å². The first-order valence-corrected chi connectivity index (χ1v) is 7.62. The molecule has 104 valence electrons. The lowest BCUT2D eigenvalue weighted by atomic mass is 10.1. The van der Waals surface area contributed by atoms with E-state index in [0.29, 0.717) is 5.56 Å². The summed E-state index contributed by atoms with van der Waals surface area (Å²) in [6.45, 7) is 4.12. The molecule has 0 aliphatic rings. The summed E-state index contributed by atoms with van der Waals surface area (Å²) in [6.07, 6.45) is 1.76. The van der Waals surface area contributed by atoms with E-state index in [4.69, 9.17) is 0 Å². The zero-order valence-electron chi connectivity index (χ0n) is 11.7. The number of hydrogen-bond donors (Lipinski definition) is 1. The van der Waals surface area contributed by atoms with Gasteiger partial charge in [0.25, 0.3) is 5.91 Å². The van der Waals surface area contributed by atoms with Gasteiger partial charge in [-0.3, -0.25) is 4.79 Å². The van der Waals surface area contributed by atoms with Crippen molar-refractivity contribution in [3.05, 3.63) is 57.8 Å². The zero-order chi connectivity index (χ0) is 14.4. The van der Waals surface area contributed by atoms with E-state index >= 15 is 0 Å².